The first-order chi connectivity index (χ1) is 9.61. The lowest BCUT2D eigenvalue weighted by Gasteiger charge is -2.29. The van der Waals surface area contributed by atoms with E-state index >= 15 is 0 Å². The summed E-state index contributed by atoms with van der Waals surface area (Å²) >= 11 is 1.47. The smallest absolute Gasteiger partial charge is 0.240 e. The minimum Gasteiger partial charge on any atom is -0.327 e. The van der Waals surface area contributed by atoms with Crippen LogP contribution in [0.5, 0.6) is 0 Å². The van der Waals surface area contributed by atoms with Gasteiger partial charge in [0.1, 0.15) is 0 Å². The Bertz CT molecular complexity index is 489. The summed E-state index contributed by atoms with van der Waals surface area (Å²) in [5, 5.41) is 5.52. The number of nitrogens with one attached hydrogen (secondary N) is 1. The summed E-state index contributed by atoms with van der Waals surface area (Å²) in [6, 6.07) is 0.323. The number of aromatic nitrogens is 1. The Labute approximate surface area is 123 Å². The highest BCUT2D eigenvalue weighted by molar-refractivity contribution is 7.13. The number of fused-ring (bicyclic) bond motifs is 1. The molecule has 3 N–H and O–H groups in total. The normalized spacial score (nSPS) is 30.2. The minimum atomic E-state index is 0.0339. The molecule has 110 valence electrons. The molecular weight excluding hydrogens is 272 g/mol. The van der Waals surface area contributed by atoms with E-state index in [1.165, 1.54) is 24.2 Å². The summed E-state index contributed by atoms with van der Waals surface area (Å²) in [7, 11) is 0. The van der Waals surface area contributed by atoms with E-state index in [9.17, 15) is 4.79 Å². The molecule has 1 aliphatic carbocycles. The monoisotopic (exact) mass is 294 g/mol. The van der Waals surface area contributed by atoms with Crippen molar-refractivity contribution in [3.8, 4) is 0 Å². The third-order valence-corrected chi connectivity index (χ3v) is 5.34. The number of amides is 1. The van der Waals surface area contributed by atoms with Gasteiger partial charge in [0.05, 0.1) is 12.2 Å². The molecular formula is C14H22N4OS. The zero-order chi connectivity index (χ0) is 14.1. The van der Waals surface area contributed by atoms with E-state index in [2.05, 4.69) is 15.2 Å². The number of nitrogens with two attached hydrogens (primary N) is 1. The fraction of sp³-hybridized carbons (Fsp3) is 0.714. The van der Waals surface area contributed by atoms with Crippen molar-refractivity contribution in [2.45, 2.75) is 32.2 Å². The summed E-state index contributed by atoms with van der Waals surface area (Å²) in [4.78, 5) is 18.6. The van der Waals surface area contributed by atoms with E-state index in [0.29, 0.717) is 29.6 Å². The molecule has 1 saturated heterocycles. The van der Waals surface area contributed by atoms with Crippen LogP contribution < -0.4 is 11.1 Å². The largest absolute Gasteiger partial charge is 0.327 e. The standard InChI is InChI=1S/C14H22N4OS/c1-9-8-20-14(16-9)17-13(19)7-18-5-10-3-2-4-12(15)11(10)6-18/h8,10-12H,2-7,15H2,1H3,(H,16,17,19). The maximum atomic E-state index is 12.0. The number of rotatable bonds is 3. The van der Waals surface area contributed by atoms with Crippen molar-refractivity contribution in [3.05, 3.63) is 11.1 Å². The Hall–Kier alpha value is -0.980. The number of carbonyl (C=O) groups excluding carboxylic acids is 1. The first-order valence-electron chi connectivity index (χ1n) is 7.32. The number of hydrogen-bond donors (Lipinski definition) is 2. The molecule has 0 radical (unpaired) electrons. The molecule has 5 nitrogen and oxygen atoms in total. The van der Waals surface area contributed by atoms with Gasteiger partial charge < -0.3 is 11.1 Å². The highest BCUT2D eigenvalue weighted by atomic mass is 32.1. The third kappa shape index (κ3) is 3.02. The average molecular weight is 294 g/mol. The van der Waals surface area contributed by atoms with Crippen molar-refractivity contribution < 1.29 is 4.79 Å². The molecule has 1 aromatic heterocycles. The van der Waals surface area contributed by atoms with Crippen LogP contribution in [-0.2, 0) is 4.79 Å². The summed E-state index contributed by atoms with van der Waals surface area (Å²) in [5.74, 6) is 1.30. The quantitative estimate of drug-likeness (QED) is 0.885. The van der Waals surface area contributed by atoms with Crippen LogP contribution in [0.2, 0.25) is 0 Å². The molecule has 0 spiro atoms. The molecule has 1 saturated carbocycles. The molecule has 3 rings (SSSR count). The number of hydrogen-bond acceptors (Lipinski definition) is 5. The van der Waals surface area contributed by atoms with Gasteiger partial charge in [0, 0.05) is 24.5 Å². The van der Waals surface area contributed by atoms with Crippen molar-refractivity contribution >= 4 is 22.4 Å². The number of carbonyl (C=O) groups is 1. The molecule has 3 atom stereocenters. The molecule has 2 fully saturated rings. The summed E-state index contributed by atoms with van der Waals surface area (Å²) < 4.78 is 0. The Morgan fingerprint density at radius 1 is 1.55 bits per heavy atom. The number of thiazole rings is 1. The van der Waals surface area contributed by atoms with Crippen LogP contribution >= 0.6 is 11.3 Å². The van der Waals surface area contributed by atoms with E-state index in [1.54, 1.807) is 0 Å². The van der Waals surface area contributed by atoms with E-state index in [-0.39, 0.29) is 5.91 Å². The minimum absolute atomic E-state index is 0.0339. The molecule has 2 heterocycles. The first-order valence-corrected chi connectivity index (χ1v) is 8.19. The first kappa shape index (κ1) is 14.0. The van der Waals surface area contributed by atoms with Gasteiger partial charge in [-0.25, -0.2) is 4.98 Å². The van der Waals surface area contributed by atoms with Gasteiger partial charge in [0.15, 0.2) is 5.13 Å². The van der Waals surface area contributed by atoms with E-state index in [4.69, 9.17) is 5.73 Å². The number of likely N-dealkylation sites (tertiary alicyclic amines) is 1. The predicted octanol–water partition coefficient (Wildman–Crippen LogP) is 1.45. The Balaban J connectivity index is 1.52. The van der Waals surface area contributed by atoms with Crippen LogP contribution in [0, 0.1) is 18.8 Å². The van der Waals surface area contributed by atoms with Gasteiger partial charge in [-0.05, 0) is 31.6 Å². The van der Waals surface area contributed by atoms with E-state index in [0.717, 1.165) is 25.2 Å². The third-order valence-electron chi connectivity index (χ3n) is 4.46. The van der Waals surface area contributed by atoms with Crippen molar-refractivity contribution in [2.24, 2.45) is 17.6 Å². The van der Waals surface area contributed by atoms with Crippen molar-refractivity contribution in [2.75, 3.05) is 25.0 Å². The zero-order valence-corrected chi connectivity index (χ0v) is 12.7. The fourth-order valence-corrected chi connectivity index (χ4v) is 4.22. The Morgan fingerprint density at radius 3 is 3.10 bits per heavy atom. The number of anilines is 1. The lowest BCUT2D eigenvalue weighted by molar-refractivity contribution is -0.117. The molecule has 0 aromatic carbocycles. The molecule has 20 heavy (non-hydrogen) atoms. The van der Waals surface area contributed by atoms with E-state index < -0.39 is 0 Å². The van der Waals surface area contributed by atoms with Crippen LogP contribution in [0.3, 0.4) is 0 Å². The van der Waals surface area contributed by atoms with Crippen molar-refractivity contribution in [3.63, 3.8) is 0 Å². The highest BCUT2D eigenvalue weighted by Crippen LogP contribution is 2.35. The number of nitrogens with zero attached hydrogens (tertiary/aromatic N) is 2. The molecule has 1 aliphatic heterocycles. The maximum Gasteiger partial charge on any atom is 0.240 e. The van der Waals surface area contributed by atoms with Gasteiger partial charge in [-0.2, -0.15) is 0 Å². The average Bonchev–Trinajstić information content (AvgIpc) is 2.96. The van der Waals surface area contributed by atoms with Crippen LogP contribution in [0.4, 0.5) is 5.13 Å². The highest BCUT2D eigenvalue weighted by Gasteiger charge is 2.38. The molecule has 2 aliphatic rings. The fourth-order valence-electron chi connectivity index (χ4n) is 3.51. The summed E-state index contributed by atoms with van der Waals surface area (Å²) in [5.41, 5.74) is 7.15. The van der Waals surface area contributed by atoms with Gasteiger partial charge in [0.2, 0.25) is 5.91 Å². The lowest BCUT2D eigenvalue weighted by atomic mass is 9.78. The molecule has 3 unspecified atom stereocenters. The topological polar surface area (TPSA) is 71.2 Å². The Kier molecular flexibility index (Phi) is 4.05. The Morgan fingerprint density at radius 2 is 2.40 bits per heavy atom. The van der Waals surface area contributed by atoms with Gasteiger partial charge in [-0.15, -0.1) is 11.3 Å². The van der Waals surface area contributed by atoms with Gasteiger partial charge in [0.25, 0.3) is 0 Å². The summed E-state index contributed by atoms with van der Waals surface area (Å²) in [6.45, 7) is 4.37. The predicted molar refractivity (Wildman–Crippen MR) is 80.7 cm³/mol. The van der Waals surface area contributed by atoms with E-state index in [1.807, 2.05) is 12.3 Å². The van der Waals surface area contributed by atoms with Crippen LogP contribution in [-0.4, -0.2) is 41.5 Å². The second-order valence-corrected chi connectivity index (χ2v) is 6.91. The van der Waals surface area contributed by atoms with Crippen LogP contribution in [0.25, 0.3) is 0 Å². The summed E-state index contributed by atoms with van der Waals surface area (Å²) in [6.07, 6.45) is 3.64. The van der Waals surface area contributed by atoms with Crippen LogP contribution in [0.15, 0.2) is 5.38 Å². The second-order valence-electron chi connectivity index (χ2n) is 6.05. The second kappa shape index (κ2) is 5.79. The maximum absolute atomic E-state index is 12.0. The van der Waals surface area contributed by atoms with Crippen molar-refractivity contribution in [1.29, 1.82) is 0 Å². The molecule has 1 amide bonds. The van der Waals surface area contributed by atoms with Gasteiger partial charge in [-0.1, -0.05) is 6.42 Å². The molecule has 0 bridgehead atoms. The van der Waals surface area contributed by atoms with Crippen molar-refractivity contribution in [1.82, 2.24) is 9.88 Å². The lowest BCUT2D eigenvalue weighted by Crippen LogP contribution is -2.38. The van der Waals surface area contributed by atoms with Gasteiger partial charge >= 0.3 is 0 Å². The van der Waals surface area contributed by atoms with Gasteiger partial charge in [-0.3, -0.25) is 9.69 Å². The van der Waals surface area contributed by atoms with Crippen LogP contribution in [0.1, 0.15) is 25.0 Å². The molecule has 6 heteroatoms. The zero-order valence-electron chi connectivity index (χ0n) is 11.8. The molecule has 1 aromatic rings. The number of aryl methyl sites for hydroxylation is 1. The SMILES string of the molecule is Cc1csc(NC(=O)CN2CC3CCCC(N)C3C2)n1.